The van der Waals surface area contributed by atoms with Crippen molar-refractivity contribution in [3.63, 3.8) is 0 Å². The van der Waals surface area contributed by atoms with E-state index in [0.717, 1.165) is 28.6 Å². The Bertz CT molecular complexity index is 561. The number of halogens is 2. The van der Waals surface area contributed by atoms with Gasteiger partial charge in [0.15, 0.2) is 0 Å². The number of nitrogens with two attached hydrogens (primary N) is 1. The van der Waals surface area contributed by atoms with Crippen LogP contribution in [0.1, 0.15) is 24.8 Å². The van der Waals surface area contributed by atoms with Gasteiger partial charge in [-0.3, -0.25) is 4.79 Å². The molecule has 3 N–H and O–H groups in total. The van der Waals surface area contributed by atoms with Crippen molar-refractivity contribution in [2.75, 3.05) is 5.32 Å². The number of carbonyl (C=O) groups is 1. The van der Waals surface area contributed by atoms with Gasteiger partial charge < -0.3 is 11.1 Å². The number of hydrogen-bond donors (Lipinski definition) is 2. The van der Waals surface area contributed by atoms with E-state index < -0.39 is 0 Å². The summed E-state index contributed by atoms with van der Waals surface area (Å²) in [4.78, 5) is 12.5. The average molecular weight is 358 g/mol. The van der Waals surface area contributed by atoms with Crippen LogP contribution in [-0.4, -0.2) is 11.9 Å². The molecule has 2 aliphatic carbocycles. The van der Waals surface area contributed by atoms with E-state index in [1.54, 1.807) is 6.07 Å². The highest BCUT2D eigenvalue weighted by Gasteiger charge is 2.49. The molecule has 0 saturated heterocycles. The Morgan fingerprint density at radius 1 is 1.40 bits per heavy atom. The van der Waals surface area contributed by atoms with E-state index in [1.807, 2.05) is 13.0 Å². The number of benzene rings is 1. The smallest absolute Gasteiger partial charge is 0.229 e. The van der Waals surface area contributed by atoms with Gasteiger partial charge in [0, 0.05) is 15.5 Å². The maximum absolute atomic E-state index is 12.5. The monoisotopic (exact) mass is 356 g/mol. The SMILES string of the molecule is Cc1cc(Br)c(NC(=O)C2C3CCC(C3)C2N)cc1Cl. The molecule has 5 heteroatoms. The lowest BCUT2D eigenvalue weighted by molar-refractivity contribution is -0.121. The molecule has 2 aliphatic rings. The van der Waals surface area contributed by atoms with Crippen molar-refractivity contribution in [1.29, 1.82) is 0 Å². The Balaban J connectivity index is 1.78. The summed E-state index contributed by atoms with van der Waals surface area (Å²) >= 11 is 9.59. The lowest BCUT2D eigenvalue weighted by atomic mass is 9.84. The van der Waals surface area contributed by atoms with Gasteiger partial charge in [0.25, 0.3) is 0 Å². The second kappa shape index (κ2) is 5.32. The van der Waals surface area contributed by atoms with Crippen LogP contribution in [0.15, 0.2) is 16.6 Å². The van der Waals surface area contributed by atoms with Crippen LogP contribution in [0.3, 0.4) is 0 Å². The third-order valence-electron chi connectivity index (χ3n) is 4.79. The van der Waals surface area contributed by atoms with Crippen LogP contribution in [0.5, 0.6) is 0 Å². The van der Waals surface area contributed by atoms with Gasteiger partial charge in [-0.25, -0.2) is 0 Å². The van der Waals surface area contributed by atoms with Crippen molar-refractivity contribution in [3.8, 4) is 0 Å². The summed E-state index contributed by atoms with van der Waals surface area (Å²) in [7, 11) is 0. The largest absolute Gasteiger partial charge is 0.327 e. The Morgan fingerprint density at radius 2 is 2.10 bits per heavy atom. The molecule has 1 aromatic carbocycles. The molecule has 3 nitrogen and oxygen atoms in total. The zero-order chi connectivity index (χ0) is 14.4. The third kappa shape index (κ3) is 2.38. The summed E-state index contributed by atoms with van der Waals surface area (Å²) in [6.45, 7) is 1.94. The van der Waals surface area contributed by atoms with Crippen molar-refractivity contribution in [3.05, 3.63) is 27.2 Å². The number of aryl methyl sites for hydroxylation is 1. The average Bonchev–Trinajstić information content (AvgIpc) is 2.96. The molecule has 4 atom stereocenters. The Hall–Kier alpha value is -0.580. The fourth-order valence-electron chi connectivity index (χ4n) is 3.68. The Labute approximate surface area is 132 Å². The molecule has 0 aliphatic heterocycles. The molecule has 0 aromatic heterocycles. The molecule has 108 valence electrons. The maximum Gasteiger partial charge on any atom is 0.229 e. The van der Waals surface area contributed by atoms with Crippen LogP contribution < -0.4 is 11.1 Å². The Morgan fingerprint density at radius 3 is 2.75 bits per heavy atom. The molecular weight excluding hydrogens is 340 g/mol. The molecule has 2 saturated carbocycles. The normalized spacial score (nSPS) is 31.6. The standard InChI is InChI=1S/C15H18BrClN2O/c1-7-4-10(16)12(6-11(7)17)19-15(20)13-8-2-3-9(5-8)14(13)18/h4,6,8-9,13-14H,2-3,5,18H2,1H3,(H,19,20). The van der Waals surface area contributed by atoms with E-state index >= 15 is 0 Å². The van der Waals surface area contributed by atoms with E-state index in [-0.39, 0.29) is 17.9 Å². The quantitative estimate of drug-likeness (QED) is 0.847. The number of carbonyl (C=O) groups excluding carboxylic acids is 1. The minimum absolute atomic E-state index is 0.00782. The van der Waals surface area contributed by atoms with Crippen LogP contribution >= 0.6 is 27.5 Å². The van der Waals surface area contributed by atoms with E-state index in [9.17, 15) is 4.79 Å². The van der Waals surface area contributed by atoms with Gasteiger partial charge in [0.05, 0.1) is 11.6 Å². The number of hydrogen-bond acceptors (Lipinski definition) is 2. The van der Waals surface area contributed by atoms with Crippen LogP contribution in [0, 0.1) is 24.7 Å². The van der Waals surface area contributed by atoms with Gasteiger partial charge in [-0.15, -0.1) is 0 Å². The predicted molar refractivity (Wildman–Crippen MR) is 84.8 cm³/mol. The van der Waals surface area contributed by atoms with Crippen LogP contribution in [-0.2, 0) is 4.79 Å². The van der Waals surface area contributed by atoms with Crippen molar-refractivity contribution in [2.45, 2.75) is 32.2 Å². The fraction of sp³-hybridized carbons (Fsp3) is 0.533. The van der Waals surface area contributed by atoms with E-state index in [0.29, 0.717) is 16.9 Å². The maximum atomic E-state index is 12.5. The van der Waals surface area contributed by atoms with Crippen molar-refractivity contribution >= 4 is 39.1 Å². The minimum Gasteiger partial charge on any atom is -0.327 e. The number of fused-ring (bicyclic) bond motifs is 2. The molecule has 0 spiro atoms. The minimum atomic E-state index is -0.0549. The second-order valence-corrected chi connectivity index (χ2v) is 7.27. The molecule has 2 fully saturated rings. The molecule has 0 heterocycles. The van der Waals surface area contributed by atoms with Gasteiger partial charge in [-0.1, -0.05) is 11.6 Å². The highest BCUT2D eigenvalue weighted by Crippen LogP contribution is 2.48. The van der Waals surface area contributed by atoms with Crippen LogP contribution in [0.4, 0.5) is 5.69 Å². The first kappa shape index (κ1) is 14.4. The van der Waals surface area contributed by atoms with E-state index in [4.69, 9.17) is 17.3 Å². The number of anilines is 1. The summed E-state index contributed by atoms with van der Waals surface area (Å²) in [6.07, 6.45) is 3.41. The molecule has 1 aromatic rings. The summed E-state index contributed by atoms with van der Waals surface area (Å²) in [5, 5.41) is 3.64. The molecule has 4 unspecified atom stereocenters. The number of rotatable bonds is 2. The fourth-order valence-corrected chi connectivity index (χ4v) is 4.40. The summed E-state index contributed by atoms with van der Waals surface area (Å²) in [5.74, 6) is 0.960. The summed E-state index contributed by atoms with van der Waals surface area (Å²) < 4.78 is 0.851. The molecule has 20 heavy (non-hydrogen) atoms. The van der Waals surface area contributed by atoms with Gasteiger partial charge in [-0.2, -0.15) is 0 Å². The zero-order valence-electron chi connectivity index (χ0n) is 11.3. The highest BCUT2D eigenvalue weighted by molar-refractivity contribution is 9.10. The lowest BCUT2D eigenvalue weighted by Gasteiger charge is -2.27. The summed E-state index contributed by atoms with van der Waals surface area (Å²) in [6, 6.07) is 3.71. The van der Waals surface area contributed by atoms with E-state index in [2.05, 4.69) is 21.2 Å². The van der Waals surface area contributed by atoms with E-state index in [1.165, 1.54) is 6.42 Å². The first-order valence-electron chi connectivity index (χ1n) is 6.99. The van der Waals surface area contributed by atoms with Gasteiger partial charge in [-0.05, 0) is 71.6 Å². The first-order valence-corrected chi connectivity index (χ1v) is 8.16. The predicted octanol–water partition coefficient (Wildman–Crippen LogP) is 3.72. The van der Waals surface area contributed by atoms with Gasteiger partial charge in [0.1, 0.15) is 0 Å². The van der Waals surface area contributed by atoms with Gasteiger partial charge in [0.2, 0.25) is 5.91 Å². The van der Waals surface area contributed by atoms with Crippen LogP contribution in [0.2, 0.25) is 5.02 Å². The molecular formula is C15H18BrClN2O. The molecule has 1 amide bonds. The number of amides is 1. The molecule has 2 bridgehead atoms. The second-order valence-electron chi connectivity index (χ2n) is 6.01. The summed E-state index contributed by atoms with van der Waals surface area (Å²) in [5.41, 5.74) is 7.91. The van der Waals surface area contributed by atoms with Crippen LogP contribution in [0.25, 0.3) is 0 Å². The van der Waals surface area contributed by atoms with Crippen molar-refractivity contribution in [1.82, 2.24) is 0 Å². The van der Waals surface area contributed by atoms with Gasteiger partial charge >= 0.3 is 0 Å². The molecule has 3 rings (SSSR count). The van der Waals surface area contributed by atoms with Crippen molar-refractivity contribution < 1.29 is 4.79 Å². The number of nitrogens with one attached hydrogen (secondary N) is 1. The lowest BCUT2D eigenvalue weighted by Crippen LogP contribution is -2.42. The third-order valence-corrected chi connectivity index (χ3v) is 5.85. The zero-order valence-corrected chi connectivity index (χ0v) is 13.7. The topological polar surface area (TPSA) is 55.1 Å². The van der Waals surface area contributed by atoms with Crippen molar-refractivity contribution in [2.24, 2.45) is 23.5 Å². The Kier molecular flexibility index (Phi) is 3.82. The molecule has 0 radical (unpaired) electrons. The highest BCUT2D eigenvalue weighted by atomic mass is 79.9. The first-order chi connectivity index (χ1) is 9.47.